The van der Waals surface area contributed by atoms with Crippen LogP contribution < -0.4 is 0 Å². The molecule has 4 rings (SSSR count). The van der Waals surface area contributed by atoms with Crippen LogP contribution in [0.25, 0.3) is 22.3 Å². The van der Waals surface area contributed by atoms with Gasteiger partial charge in [0.15, 0.2) is 0 Å². The third-order valence-corrected chi connectivity index (χ3v) is 4.41. The van der Waals surface area contributed by atoms with Gasteiger partial charge in [-0.05, 0) is 30.9 Å². The molecular weight excluding hydrogens is 274 g/mol. The zero-order chi connectivity index (χ0) is 14.8. The van der Waals surface area contributed by atoms with Crippen LogP contribution in [0.15, 0.2) is 48.9 Å². The highest BCUT2D eigenvalue weighted by molar-refractivity contribution is 5.92. The Hall–Kier alpha value is -2.20. The van der Waals surface area contributed by atoms with Gasteiger partial charge in [0, 0.05) is 49.3 Å². The van der Waals surface area contributed by atoms with E-state index in [1.165, 1.54) is 6.42 Å². The highest BCUT2D eigenvalue weighted by Crippen LogP contribution is 2.27. The molecule has 0 aliphatic carbocycles. The van der Waals surface area contributed by atoms with E-state index in [-0.39, 0.29) is 0 Å². The van der Waals surface area contributed by atoms with Crippen LogP contribution in [-0.2, 0) is 11.3 Å². The van der Waals surface area contributed by atoms with Crippen molar-refractivity contribution in [3.05, 3.63) is 48.9 Å². The Morgan fingerprint density at radius 1 is 1.14 bits per heavy atom. The fourth-order valence-corrected chi connectivity index (χ4v) is 3.16. The van der Waals surface area contributed by atoms with Gasteiger partial charge in [-0.15, -0.1) is 0 Å². The lowest BCUT2D eigenvalue weighted by Gasteiger charge is -2.12. The molecular formula is C18H19N3O. The van der Waals surface area contributed by atoms with Gasteiger partial charge in [0.25, 0.3) is 0 Å². The van der Waals surface area contributed by atoms with Crippen molar-refractivity contribution in [3.8, 4) is 11.4 Å². The Kier molecular flexibility index (Phi) is 3.60. The minimum absolute atomic E-state index is 0.685. The van der Waals surface area contributed by atoms with Crippen LogP contribution in [0.1, 0.15) is 12.8 Å². The molecule has 4 heteroatoms. The molecule has 1 aliphatic rings. The SMILES string of the molecule is c1ccc2c(-c3nccn3CC[C@H]3CCOC3)ccnc2c1. The molecule has 3 heterocycles. The van der Waals surface area contributed by atoms with Crippen LogP contribution in [0.4, 0.5) is 0 Å². The number of aryl methyl sites for hydroxylation is 1. The van der Waals surface area contributed by atoms with Gasteiger partial charge in [0.1, 0.15) is 5.82 Å². The van der Waals surface area contributed by atoms with Crippen molar-refractivity contribution in [2.75, 3.05) is 13.2 Å². The van der Waals surface area contributed by atoms with Crippen LogP contribution in [0, 0.1) is 5.92 Å². The number of imidazole rings is 1. The van der Waals surface area contributed by atoms with E-state index in [9.17, 15) is 0 Å². The molecule has 4 nitrogen and oxygen atoms in total. The molecule has 0 bridgehead atoms. The Bertz CT molecular complexity index is 769. The predicted octanol–water partition coefficient (Wildman–Crippen LogP) is 3.52. The van der Waals surface area contributed by atoms with Crippen LogP contribution >= 0.6 is 0 Å². The van der Waals surface area contributed by atoms with E-state index in [2.05, 4.69) is 38.9 Å². The summed E-state index contributed by atoms with van der Waals surface area (Å²) in [6.45, 7) is 2.80. The fourth-order valence-electron chi connectivity index (χ4n) is 3.16. The van der Waals surface area contributed by atoms with Crippen LogP contribution in [-0.4, -0.2) is 27.7 Å². The summed E-state index contributed by atoms with van der Waals surface area (Å²) in [7, 11) is 0. The molecule has 2 aromatic heterocycles. The number of fused-ring (bicyclic) bond motifs is 1. The zero-order valence-electron chi connectivity index (χ0n) is 12.5. The quantitative estimate of drug-likeness (QED) is 0.739. The summed E-state index contributed by atoms with van der Waals surface area (Å²) in [6.07, 6.45) is 8.14. The molecule has 0 N–H and O–H groups in total. The molecule has 3 aromatic rings. The number of aromatic nitrogens is 3. The van der Waals surface area contributed by atoms with Crippen molar-refractivity contribution in [3.63, 3.8) is 0 Å². The predicted molar refractivity (Wildman–Crippen MR) is 86.5 cm³/mol. The summed E-state index contributed by atoms with van der Waals surface area (Å²) < 4.78 is 7.72. The molecule has 1 aromatic carbocycles. The van der Waals surface area contributed by atoms with Gasteiger partial charge < -0.3 is 9.30 Å². The summed E-state index contributed by atoms with van der Waals surface area (Å²) in [5.74, 6) is 1.71. The highest BCUT2D eigenvalue weighted by atomic mass is 16.5. The average Bonchev–Trinajstić information content (AvgIpc) is 3.24. The van der Waals surface area contributed by atoms with Gasteiger partial charge in [-0.25, -0.2) is 4.98 Å². The number of para-hydroxylation sites is 1. The number of rotatable bonds is 4. The van der Waals surface area contributed by atoms with E-state index in [0.29, 0.717) is 5.92 Å². The summed E-state index contributed by atoms with van der Waals surface area (Å²) in [5, 5.41) is 1.15. The molecule has 0 amide bonds. The Labute approximate surface area is 129 Å². The monoisotopic (exact) mass is 293 g/mol. The summed E-state index contributed by atoms with van der Waals surface area (Å²) in [5.41, 5.74) is 2.16. The van der Waals surface area contributed by atoms with Crippen molar-refractivity contribution in [1.82, 2.24) is 14.5 Å². The fraction of sp³-hybridized carbons (Fsp3) is 0.333. The molecule has 22 heavy (non-hydrogen) atoms. The van der Waals surface area contributed by atoms with Crippen molar-refractivity contribution in [1.29, 1.82) is 0 Å². The Morgan fingerprint density at radius 3 is 3.00 bits per heavy atom. The smallest absolute Gasteiger partial charge is 0.140 e. The lowest BCUT2D eigenvalue weighted by molar-refractivity contribution is 0.183. The Morgan fingerprint density at radius 2 is 2.09 bits per heavy atom. The van der Waals surface area contributed by atoms with E-state index in [1.807, 2.05) is 24.5 Å². The van der Waals surface area contributed by atoms with E-state index >= 15 is 0 Å². The van der Waals surface area contributed by atoms with Crippen molar-refractivity contribution >= 4 is 10.9 Å². The first-order chi connectivity index (χ1) is 10.9. The maximum Gasteiger partial charge on any atom is 0.140 e. The van der Waals surface area contributed by atoms with Crippen molar-refractivity contribution < 1.29 is 4.74 Å². The topological polar surface area (TPSA) is 39.9 Å². The van der Waals surface area contributed by atoms with Crippen LogP contribution in [0.3, 0.4) is 0 Å². The molecule has 1 aliphatic heterocycles. The third-order valence-electron chi connectivity index (χ3n) is 4.41. The number of ether oxygens (including phenoxy) is 1. The summed E-state index contributed by atoms with van der Waals surface area (Å²) >= 11 is 0. The standard InChI is InChI=1S/C18H19N3O/c1-2-4-17-15(3-1)16(5-8-19-17)18-20-9-11-21(18)10-6-14-7-12-22-13-14/h1-5,8-9,11,14H,6-7,10,12-13H2/t14-/m0/s1. The number of hydrogen-bond donors (Lipinski definition) is 0. The van der Waals surface area contributed by atoms with Gasteiger partial charge >= 0.3 is 0 Å². The first-order valence-electron chi connectivity index (χ1n) is 7.85. The maximum atomic E-state index is 5.47. The first kappa shape index (κ1) is 13.5. The molecule has 1 saturated heterocycles. The van der Waals surface area contributed by atoms with Crippen molar-refractivity contribution in [2.45, 2.75) is 19.4 Å². The molecule has 0 spiro atoms. The van der Waals surface area contributed by atoms with Gasteiger partial charge in [-0.2, -0.15) is 0 Å². The molecule has 1 atom stereocenters. The second-order valence-corrected chi connectivity index (χ2v) is 5.84. The van der Waals surface area contributed by atoms with Crippen molar-refractivity contribution in [2.24, 2.45) is 5.92 Å². The number of hydrogen-bond acceptors (Lipinski definition) is 3. The summed E-state index contributed by atoms with van der Waals surface area (Å²) in [4.78, 5) is 9.02. The first-order valence-corrected chi connectivity index (χ1v) is 7.85. The summed E-state index contributed by atoms with van der Waals surface area (Å²) in [6, 6.07) is 10.3. The molecule has 1 fully saturated rings. The number of benzene rings is 1. The minimum Gasteiger partial charge on any atom is -0.381 e. The van der Waals surface area contributed by atoms with E-state index in [1.54, 1.807) is 0 Å². The lowest BCUT2D eigenvalue weighted by atomic mass is 10.0. The number of pyridine rings is 1. The van der Waals surface area contributed by atoms with E-state index in [4.69, 9.17) is 4.74 Å². The average molecular weight is 293 g/mol. The lowest BCUT2D eigenvalue weighted by Crippen LogP contribution is -2.07. The zero-order valence-corrected chi connectivity index (χ0v) is 12.5. The van der Waals surface area contributed by atoms with E-state index in [0.717, 1.165) is 48.5 Å². The van der Waals surface area contributed by atoms with Crippen LogP contribution in [0.5, 0.6) is 0 Å². The minimum atomic E-state index is 0.685. The second kappa shape index (κ2) is 5.89. The van der Waals surface area contributed by atoms with Gasteiger partial charge in [0.05, 0.1) is 5.52 Å². The molecule has 112 valence electrons. The third kappa shape index (κ3) is 2.50. The normalized spacial score (nSPS) is 18.1. The maximum absolute atomic E-state index is 5.47. The number of nitrogens with zero attached hydrogens (tertiary/aromatic N) is 3. The van der Waals surface area contributed by atoms with Gasteiger partial charge in [0.2, 0.25) is 0 Å². The second-order valence-electron chi connectivity index (χ2n) is 5.84. The molecule has 0 unspecified atom stereocenters. The van der Waals surface area contributed by atoms with Gasteiger partial charge in [-0.1, -0.05) is 18.2 Å². The molecule has 0 saturated carbocycles. The highest BCUT2D eigenvalue weighted by Gasteiger charge is 2.16. The van der Waals surface area contributed by atoms with Gasteiger partial charge in [-0.3, -0.25) is 4.98 Å². The van der Waals surface area contributed by atoms with Crippen LogP contribution in [0.2, 0.25) is 0 Å². The molecule has 0 radical (unpaired) electrons. The largest absolute Gasteiger partial charge is 0.381 e. The Balaban J connectivity index is 1.66. The van der Waals surface area contributed by atoms with E-state index < -0.39 is 0 Å².